The number of nitrogens with zero attached hydrogens (tertiary/aromatic N) is 2. The van der Waals surface area contributed by atoms with E-state index in [9.17, 15) is 9.59 Å². The summed E-state index contributed by atoms with van der Waals surface area (Å²) in [6.07, 6.45) is 0. The molecule has 0 saturated carbocycles. The fourth-order valence-electron chi connectivity index (χ4n) is 2.16. The van der Waals surface area contributed by atoms with E-state index in [1.54, 1.807) is 10.0 Å². The van der Waals surface area contributed by atoms with Crippen LogP contribution in [0.3, 0.4) is 0 Å². The van der Waals surface area contributed by atoms with Gasteiger partial charge in [-0.05, 0) is 11.5 Å². The number of benzene rings is 1. The van der Waals surface area contributed by atoms with Crippen LogP contribution in [-0.2, 0) is 16.1 Å². The van der Waals surface area contributed by atoms with Crippen molar-refractivity contribution in [3.8, 4) is 0 Å². The summed E-state index contributed by atoms with van der Waals surface area (Å²) in [5.41, 5.74) is 6.56. The van der Waals surface area contributed by atoms with Gasteiger partial charge in [-0.3, -0.25) is 20.4 Å². The fourth-order valence-corrected chi connectivity index (χ4v) is 2.29. The minimum absolute atomic E-state index is 0.0794. The quantitative estimate of drug-likeness (QED) is 0.500. The van der Waals surface area contributed by atoms with Gasteiger partial charge < -0.3 is 0 Å². The van der Waals surface area contributed by atoms with E-state index in [0.29, 0.717) is 12.5 Å². The maximum Gasteiger partial charge on any atom is 0.250 e. The van der Waals surface area contributed by atoms with E-state index in [1.807, 2.05) is 37.4 Å². The number of carbonyl (C=O) groups excluding carboxylic acids is 2. The Hall–Kier alpha value is -1.44. The zero-order chi connectivity index (χ0) is 17.2. The molecule has 0 spiro atoms. The summed E-state index contributed by atoms with van der Waals surface area (Å²) in [6, 6.07) is 9.69. The molecule has 1 rings (SSSR count). The van der Waals surface area contributed by atoms with Crippen LogP contribution in [0, 0.1) is 5.92 Å². The van der Waals surface area contributed by atoms with Crippen molar-refractivity contribution in [2.75, 3.05) is 25.5 Å². The van der Waals surface area contributed by atoms with Crippen molar-refractivity contribution in [1.82, 2.24) is 20.9 Å². The predicted molar refractivity (Wildman–Crippen MR) is 94.4 cm³/mol. The Morgan fingerprint density at radius 2 is 1.78 bits per heavy atom. The first-order valence-electron chi connectivity index (χ1n) is 7.55. The van der Waals surface area contributed by atoms with Crippen molar-refractivity contribution in [3.05, 3.63) is 35.9 Å². The molecule has 0 fully saturated rings. The Morgan fingerprint density at radius 1 is 1.13 bits per heavy atom. The summed E-state index contributed by atoms with van der Waals surface area (Å²) < 4.78 is 0. The van der Waals surface area contributed by atoms with Gasteiger partial charge in [0, 0.05) is 20.1 Å². The number of amides is 2. The van der Waals surface area contributed by atoms with Gasteiger partial charge in [0.05, 0.1) is 11.9 Å². The van der Waals surface area contributed by atoms with Gasteiger partial charge in [0.15, 0.2) is 0 Å². The first-order valence-corrected chi connectivity index (χ1v) is 8.67. The standard InChI is InChI=1S/C16H25BrN4O2/c1-13(2)10-20(3)18-16(23)12-21(19-15(22)9-17)11-14-7-5-4-6-8-14/h4-8,13H,9-12H2,1-3H3,(H,18,23)(H,19,22). The number of hydrogen-bond acceptors (Lipinski definition) is 4. The topological polar surface area (TPSA) is 64.7 Å². The first kappa shape index (κ1) is 19.6. The van der Waals surface area contributed by atoms with Crippen LogP contribution in [0.25, 0.3) is 0 Å². The summed E-state index contributed by atoms with van der Waals surface area (Å²) in [7, 11) is 1.83. The van der Waals surface area contributed by atoms with Crippen LogP contribution in [0.15, 0.2) is 30.3 Å². The van der Waals surface area contributed by atoms with Gasteiger partial charge in [-0.15, -0.1) is 0 Å². The van der Waals surface area contributed by atoms with Crippen molar-refractivity contribution < 1.29 is 9.59 Å². The third-order valence-corrected chi connectivity index (χ3v) is 3.42. The van der Waals surface area contributed by atoms with Crippen LogP contribution in [0.4, 0.5) is 0 Å². The molecule has 0 aliphatic rings. The van der Waals surface area contributed by atoms with Gasteiger partial charge in [0.25, 0.3) is 0 Å². The van der Waals surface area contributed by atoms with Gasteiger partial charge in [0.1, 0.15) is 0 Å². The van der Waals surface area contributed by atoms with Crippen LogP contribution in [0.2, 0.25) is 0 Å². The Morgan fingerprint density at radius 3 is 2.35 bits per heavy atom. The molecule has 1 aromatic carbocycles. The molecule has 0 bridgehead atoms. The number of nitrogens with one attached hydrogen (secondary N) is 2. The van der Waals surface area contributed by atoms with Crippen LogP contribution in [0.1, 0.15) is 19.4 Å². The van der Waals surface area contributed by atoms with Crippen molar-refractivity contribution >= 4 is 27.7 Å². The van der Waals surface area contributed by atoms with Crippen LogP contribution >= 0.6 is 15.9 Å². The summed E-state index contributed by atoms with van der Waals surface area (Å²) >= 11 is 3.11. The second-order valence-corrected chi connectivity index (χ2v) is 6.38. The first-order chi connectivity index (χ1) is 10.9. The highest BCUT2D eigenvalue weighted by molar-refractivity contribution is 9.09. The highest BCUT2D eigenvalue weighted by atomic mass is 79.9. The molecule has 2 amide bonds. The Labute approximate surface area is 146 Å². The molecule has 0 unspecified atom stereocenters. The van der Waals surface area contributed by atoms with Crippen LogP contribution in [0.5, 0.6) is 0 Å². The van der Waals surface area contributed by atoms with Gasteiger partial charge in [-0.1, -0.05) is 60.1 Å². The zero-order valence-corrected chi connectivity index (χ0v) is 15.5. The van der Waals surface area contributed by atoms with E-state index in [0.717, 1.165) is 12.1 Å². The lowest BCUT2D eigenvalue weighted by Crippen LogP contribution is -2.50. The Kier molecular flexibility index (Phi) is 8.83. The smallest absolute Gasteiger partial charge is 0.250 e. The lowest BCUT2D eigenvalue weighted by molar-refractivity contribution is -0.130. The average molecular weight is 385 g/mol. The molecule has 0 aliphatic carbocycles. The van der Waals surface area contributed by atoms with Crippen molar-refractivity contribution in [2.45, 2.75) is 20.4 Å². The maximum absolute atomic E-state index is 12.1. The molecule has 1 aromatic rings. The summed E-state index contributed by atoms with van der Waals surface area (Å²) in [6.45, 7) is 5.47. The van der Waals surface area contributed by atoms with Crippen molar-refractivity contribution in [2.24, 2.45) is 5.92 Å². The molecule has 128 valence electrons. The second kappa shape index (κ2) is 10.4. The summed E-state index contributed by atoms with van der Waals surface area (Å²) in [5, 5.41) is 3.56. The SMILES string of the molecule is CC(C)CN(C)NC(=O)CN(Cc1ccccc1)NC(=O)CBr. The molecule has 0 heterocycles. The predicted octanol–water partition coefficient (Wildman–Crippen LogP) is 1.53. The monoisotopic (exact) mass is 384 g/mol. The van der Waals surface area contributed by atoms with E-state index in [1.165, 1.54) is 0 Å². The lowest BCUT2D eigenvalue weighted by atomic mass is 10.2. The molecule has 7 heteroatoms. The summed E-state index contributed by atoms with van der Waals surface area (Å²) in [4.78, 5) is 23.8. The van der Waals surface area contributed by atoms with Gasteiger partial charge in [0.2, 0.25) is 11.8 Å². The minimum Gasteiger partial charge on any atom is -0.288 e. The van der Waals surface area contributed by atoms with E-state index in [-0.39, 0.29) is 23.7 Å². The molecule has 0 radical (unpaired) electrons. The number of halogens is 1. The van der Waals surface area contributed by atoms with Crippen molar-refractivity contribution in [3.63, 3.8) is 0 Å². The van der Waals surface area contributed by atoms with E-state index in [2.05, 4.69) is 40.6 Å². The number of rotatable bonds is 9. The minimum atomic E-state index is -0.190. The largest absolute Gasteiger partial charge is 0.288 e. The van der Waals surface area contributed by atoms with E-state index >= 15 is 0 Å². The molecular formula is C16H25BrN4O2. The third-order valence-electron chi connectivity index (χ3n) is 2.91. The molecule has 0 atom stereocenters. The lowest BCUT2D eigenvalue weighted by Gasteiger charge is -2.25. The molecule has 0 saturated heterocycles. The Bertz CT molecular complexity index is 496. The van der Waals surface area contributed by atoms with Crippen LogP contribution < -0.4 is 10.9 Å². The van der Waals surface area contributed by atoms with E-state index in [4.69, 9.17) is 0 Å². The third kappa shape index (κ3) is 8.68. The zero-order valence-electron chi connectivity index (χ0n) is 13.9. The normalized spacial score (nSPS) is 11.1. The van der Waals surface area contributed by atoms with E-state index < -0.39 is 0 Å². The molecule has 2 N–H and O–H groups in total. The highest BCUT2D eigenvalue weighted by Crippen LogP contribution is 2.02. The maximum atomic E-state index is 12.1. The van der Waals surface area contributed by atoms with Gasteiger partial charge in [-0.2, -0.15) is 0 Å². The number of carbonyl (C=O) groups is 2. The number of alkyl halides is 1. The molecule has 6 nitrogen and oxygen atoms in total. The fraction of sp³-hybridized carbons (Fsp3) is 0.500. The Balaban J connectivity index is 2.61. The van der Waals surface area contributed by atoms with Crippen LogP contribution in [-0.4, -0.2) is 47.3 Å². The molecule has 23 heavy (non-hydrogen) atoms. The number of hydrazine groups is 2. The van der Waals surface area contributed by atoms with Gasteiger partial charge in [-0.25, -0.2) is 10.0 Å². The van der Waals surface area contributed by atoms with Gasteiger partial charge >= 0.3 is 0 Å². The molecule has 0 aromatic heterocycles. The van der Waals surface area contributed by atoms with Crippen molar-refractivity contribution in [1.29, 1.82) is 0 Å². The highest BCUT2D eigenvalue weighted by Gasteiger charge is 2.15. The second-order valence-electron chi connectivity index (χ2n) is 5.82. The summed E-state index contributed by atoms with van der Waals surface area (Å²) in [5.74, 6) is 0.0945. The molecular weight excluding hydrogens is 360 g/mol. The average Bonchev–Trinajstić information content (AvgIpc) is 2.46. The molecule has 0 aliphatic heterocycles. The number of hydrogen-bond donors (Lipinski definition) is 2.